The first-order valence-corrected chi connectivity index (χ1v) is 5.90. The number of hydrogen-bond acceptors (Lipinski definition) is 4. The van der Waals surface area contributed by atoms with Crippen LogP contribution in [0, 0.1) is 0 Å². The van der Waals surface area contributed by atoms with Gasteiger partial charge in [0.1, 0.15) is 0 Å². The lowest BCUT2D eigenvalue weighted by molar-refractivity contribution is 1.37. The number of nitrogen functional groups attached to an aromatic ring is 1. The molecule has 0 saturated heterocycles. The fourth-order valence-electron chi connectivity index (χ4n) is 0.938. The predicted molar refractivity (Wildman–Crippen MR) is 62.1 cm³/mol. The molecule has 2 rings (SSSR count). The minimum Gasteiger partial charge on any atom is -0.375 e. The van der Waals surface area contributed by atoms with Crippen molar-refractivity contribution in [2.24, 2.45) is 0 Å². The summed E-state index contributed by atoms with van der Waals surface area (Å²) in [6.45, 7) is 0. The second-order valence-electron chi connectivity index (χ2n) is 2.57. The molecule has 0 unspecified atom stereocenters. The Morgan fingerprint density at radius 3 is 2.57 bits per heavy atom. The van der Waals surface area contributed by atoms with Crippen molar-refractivity contribution in [3.63, 3.8) is 0 Å². The molecule has 2 N–H and O–H groups in total. The van der Waals surface area contributed by atoms with E-state index >= 15 is 0 Å². The molecule has 72 valence electrons. The molecule has 0 amide bonds. The normalized spacial score (nSPS) is 10.4. The summed E-state index contributed by atoms with van der Waals surface area (Å²) in [4.78, 5) is 5.12. The maximum absolute atomic E-state index is 5.78. The standard InChI is InChI=1S/C9H7ClN2S2/c10-6-1-3-7(4-2-6)13-8-5-12-9(11)14-8/h1-5H,(H2,11,12). The van der Waals surface area contributed by atoms with Gasteiger partial charge in [0.05, 0.1) is 10.4 Å². The summed E-state index contributed by atoms with van der Waals surface area (Å²) in [5.41, 5.74) is 5.53. The first kappa shape index (κ1) is 9.83. The van der Waals surface area contributed by atoms with Gasteiger partial charge in [-0.3, -0.25) is 0 Å². The van der Waals surface area contributed by atoms with Crippen LogP contribution >= 0.6 is 34.7 Å². The molecule has 1 aromatic carbocycles. The van der Waals surface area contributed by atoms with Crippen LogP contribution in [0.2, 0.25) is 5.02 Å². The molecule has 1 heterocycles. The zero-order valence-corrected chi connectivity index (χ0v) is 9.49. The molecule has 1 aromatic heterocycles. The van der Waals surface area contributed by atoms with Gasteiger partial charge in [-0.15, -0.1) is 0 Å². The molecule has 0 spiro atoms. The average Bonchev–Trinajstić information content (AvgIpc) is 2.56. The van der Waals surface area contributed by atoms with Crippen molar-refractivity contribution < 1.29 is 0 Å². The van der Waals surface area contributed by atoms with Gasteiger partial charge in [-0.2, -0.15) is 0 Å². The molecular weight excluding hydrogens is 236 g/mol. The van der Waals surface area contributed by atoms with Crippen LogP contribution in [0.25, 0.3) is 0 Å². The molecule has 14 heavy (non-hydrogen) atoms. The molecule has 0 radical (unpaired) electrons. The minimum atomic E-state index is 0.599. The van der Waals surface area contributed by atoms with E-state index in [1.54, 1.807) is 18.0 Å². The Hall–Kier alpha value is -0.710. The zero-order chi connectivity index (χ0) is 9.97. The van der Waals surface area contributed by atoms with Crippen LogP contribution in [0.15, 0.2) is 39.6 Å². The number of benzene rings is 1. The lowest BCUT2D eigenvalue weighted by Crippen LogP contribution is -1.77. The van der Waals surface area contributed by atoms with E-state index in [1.807, 2.05) is 24.3 Å². The number of halogens is 1. The SMILES string of the molecule is Nc1ncc(Sc2ccc(Cl)cc2)s1. The van der Waals surface area contributed by atoms with Crippen LogP contribution in [0.5, 0.6) is 0 Å². The van der Waals surface area contributed by atoms with Gasteiger partial charge in [0.2, 0.25) is 0 Å². The smallest absolute Gasteiger partial charge is 0.181 e. The number of rotatable bonds is 2. The van der Waals surface area contributed by atoms with E-state index in [0.717, 1.165) is 14.1 Å². The third-order valence-electron chi connectivity index (χ3n) is 1.53. The highest BCUT2D eigenvalue weighted by atomic mass is 35.5. The van der Waals surface area contributed by atoms with Crippen LogP contribution in [-0.2, 0) is 0 Å². The van der Waals surface area contributed by atoms with E-state index in [0.29, 0.717) is 5.13 Å². The van der Waals surface area contributed by atoms with E-state index in [4.69, 9.17) is 17.3 Å². The van der Waals surface area contributed by atoms with Crippen LogP contribution in [-0.4, -0.2) is 4.98 Å². The third kappa shape index (κ3) is 2.41. The van der Waals surface area contributed by atoms with Crippen molar-refractivity contribution in [1.82, 2.24) is 4.98 Å². The molecule has 5 heteroatoms. The Balaban J connectivity index is 2.15. The highest BCUT2D eigenvalue weighted by Gasteiger charge is 2.00. The average molecular weight is 243 g/mol. The fraction of sp³-hybridized carbons (Fsp3) is 0. The van der Waals surface area contributed by atoms with Gasteiger partial charge in [0.15, 0.2) is 5.13 Å². The van der Waals surface area contributed by atoms with Crippen molar-refractivity contribution in [2.45, 2.75) is 9.10 Å². The molecule has 2 nitrogen and oxygen atoms in total. The summed E-state index contributed by atoms with van der Waals surface area (Å²) in [5.74, 6) is 0. The number of nitrogens with two attached hydrogens (primary N) is 1. The van der Waals surface area contributed by atoms with Crippen molar-refractivity contribution in [3.05, 3.63) is 35.5 Å². The van der Waals surface area contributed by atoms with E-state index in [1.165, 1.54) is 11.3 Å². The molecule has 0 atom stereocenters. The van der Waals surface area contributed by atoms with Gasteiger partial charge < -0.3 is 5.73 Å². The summed E-state index contributed by atoms with van der Waals surface area (Å²) in [5, 5.41) is 1.35. The minimum absolute atomic E-state index is 0.599. The van der Waals surface area contributed by atoms with E-state index < -0.39 is 0 Å². The Morgan fingerprint density at radius 1 is 1.29 bits per heavy atom. The van der Waals surface area contributed by atoms with Gasteiger partial charge >= 0.3 is 0 Å². The lowest BCUT2D eigenvalue weighted by atomic mass is 10.4. The molecule has 0 saturated carbocycles. The fourth-order valence-corrected chi connectivity index (χ4v) is 2.80. The Kier molecular flexibility index (Phi) is 2.96. The number of aromatic nitrogens is 1. The molecular formula is C9H7ClN2S2. The van der Waals surface area contributed by atoms with Gasteiger partial charge in [-0.05, 0) is 24.3 Å². The monoisotopic (exact) mass is 242 g/mol. The summed E-state index contributed by atoms with van der Waals surface area (Å²) < 4.78 is 1.09. The Morgan fingerprint density at radius 2 is 2.00 bits per heavy atom. The predicted octanol–water partition coefficient (Wildman–Crippen LogP) is 3.53. The van der Waals surface area contributed by atoms with Crippen molar-refractivity contribution >= 4 is 39.8 Å². The maximum Gasteiger partial charge on any atom is 0.181 e. The quantitative estimate of drug-likeness (QED) is 0.876. The van der Waals surface area contributed by atoms with Crippen LogP contribution in [0.1, 0.15) is 0 Å². The highest BCUT2D eigenvalue weighted by molar-refractivity contribution is 8.01. The third-order valence-corrected chi connectivity index (χ3v) is 3.72. The Labute approximate surface area is 95.1 Å². The van der Waals surface area contributed by atoms with E-state index in [-0.39, 0.29) is 0 Å². The van der Waals surface area contributed by atoms with E-state index in [2.05, 4.69) is 4.98 Å². The number of thiazole rings is 1. The van der Waals surface area contributed by atoms with Gasteiger partial charge in [-0.25, -0.2) is 4.98 Å². The second-order valence-corrected chi connectivity index (χ2v) is 5.45. The van der Waals surface area contributed by atoms with Crippen molar-refractivity contribution in [2.75, 3.05) is 5.73 Å². The van der Waals surface area contributed by atoms with Crippen molar-refractivity contribution in [1.29, 1.82) is 0 Å². The maximum atomic E-state index is 5.78. The summed E-state index contributed by atoms with van der Waals surface area (Å²) in [6.07, 6.45) is 1.78. The molecule has 2 aromatic rings. The molecule has 0 aliphatic rings. The zero-order valence-electron chi connectivity index (χ0n) is 7.11. The largest absolute Gasteiger partial charge is 0.375 e. The number of hydrogen-bond donors (Lipinski definition) is 1. The van der Waals surface area contributed by atoms with Gasteiger partial charge in [0, 0.05) is 9.92 Å². The van der Waals surface area contributed by atoms with Gasteiger partial charge in [0.25, 0.3) is 0 Å². The summed E-state index contributed by atoms with van der Waals surface area (Å²) in [7, 11) is 0. The number of anilines is 1. The first-order chi connectivity index (χ1) is 6.74. The molecule has 0 aliphatic heterocycles. The topological polar surface area (TPSA) is 38.9 Å². The van der Waals surface area contributed by atoms with E-state index in [9.17, 15) is 0 Å². The highest BCUT2D eigenvalue weighted by Crippen LogP contribution is 2.33. The van der Waals surface area contributed by atoms with Crippen molar-refractivity contribution in [3.8, 4) is 0 Å². The number of nitrogens with zero attached hydrogens (tertiary/aromatic N) is 1. The van der Waals surface area contributed by atoms with Gasteiger partial charge in [-0.1, -0.05) is 34.7 Å². The van der Waals surface area contributed by atoms with Crippen LogP contribution < -0.4 is 5.73 Å². The van der Waals surface area contributed by atoms with Crippen LogP contribution in [0.4, 0.5) is 5.13 Å². The summed E-state index contributed by atoms with van der Waals surface area (Å²) >= 11 is 8.90. The second kappa shape index (κ2) is 4.21. The molecule has 0 aliphatic carbocycles. The summed E-state index contributed by atoms with van der Waals surface area (Å²) in [6, 6.07) is 7.69. The first-order valence-electron chi connectivity index (χ1n) is 3.89. The molecule has 0 fully saturated rings. The molecule has 0 bridgehead atoms. The Bertz CT molecular complexity index is 425. The lowest BCUT2D eigenvalue weighted by Gasteiger charge is -1.96. The van der Waals surface area contributed by atoms with Crippen LogP contribution in [0.3, 0.4) is 0 Å².